The summed E-state index contributed by atoms with van der Waals surface area (Å²) in [4.78, 5) is 10.9. The highest BCUT2D eigenvalue weighted by Crippen LogP contribution is 2.21. The van der Waals surface area contributed by atoms with E-state index in [1.807, 2.05) is 6.08 Å². The Labute approximate surface area is 74.8 Å². The van der Waals surface area contributed by atoms with Gasteiger partial charge in [-0.3, -0.25) is 7.91 Å². The van der Waals surface area contributed by atoms with E-state index < -0.39 is 0 Å². The number of amides is 1. The Bertz CT molecular complexity index is 176. The monoisotopic (exact) mass is 251 g/mol. The van der Waals surface area contributed by atoms with Crippen LogP contribution in [-0.2, 0) is 4.79 Å². The lowest BCUT2D eigenvalue weighted by atomic mass is 10.1. The molecule has 2 nitrogen and oxygen atoms in total. The molecular formula is C7H10INO. The lowest BCUT2D eigenvalue weighted by Gasteiger charge is -2.20. The van der Waals surface area contributed by atoms with Crippen LogP contribution in [0.3, 0.4) is 0 Å². The van der Waals surface area contributed by atoms with Gasteiger partial charge < -0.3 is 0 Å². The second-order valence-electron chi connectivity index (χ2n) is 2.74. The summed E-state index contributed by atoms with van der Waals surface area (Å²) >= 11 is 2.06. The van der Waals surface area contributed by atoms with Crippen LogP contribution < -0.4 is 0 Å². The van der Waals surface area contributed by atoms with Crippen LogP contribution in [0.4, 0.5) is 0 Å². The molecule has 0 radical (unpaired) electrons. The number of carbonyl (C=O) groups excluding carboxylic acids is 1. The summed E-state index contributed by atoms with van der Waals surface area (Å²) in [5.74, 6) is 0.624. The van der Waals surface area contributed by atoms with E-state index in [9.17, 15) is 4.79 Å². The number of nitrogens with zero attached hydrogens (tertiary/aromatic N) is 1. The molecule has 0 saturated carbocycles. The van der Waals surface area contributed by atoms with E-state index in [0.717, 1.165) is 0 Å². The van der Waals surface area contributed by atoms with Gasteiger partial charge in [0, 0.05) is 6.08 Å². The minimum Gasteiger partial charge on any atom is -0.274 e. The average Bonchev–Trinajstić information content (AvgIpc) is 2.14. The predicted molar refractivity (Wildman–Crippen MR) is 48.6 cm³/mol. The Kier molecular flexibility index (Phi) is 2.33. The third kappa shape index (κ3) is 1.33. The Morgan fingerprint density at radius 2 is 2.30 bits per heavy atom. The third-order valence-corrected chi connectivity index (χ3v) is 2.71. The second kappa shape index (κ2) is 2.90. The Hall–Kier alpha value is -0.0600. The molecule has 0 aromatic heterocycles. The second-order valence-corrected chi connectivity index (χ2v) is 3.78. The molecule has 0 spiro atoms. The van der Waals surface area contributed by atoms with Gasteiger partial charge >= 0.3 is 0 Å². The minimum absolute atomic E-state index is 0.110. The van der Waals surface area contributed by atoms with Crippen molar-refractivity contribution in [2.75, 3.05) is 0 Å². The summed E-state index contributed by atoms with van der Waals surface area (Å²) in [6, 6.07) is 0.299. The molecule has 56 valence electrons. The minimum atomic E-state index is 0.110. The molecule has 1 atom stereocenters. The molecule has 1 unspecified atom stereocenters. The molecule has 1 rings (SSSR count). The molecule has 1 aliphatic heterocycles. The molecule has 0 saturated heterocycles. The van der Waals surface area contributed by atoms with E-state index in [1.165, 1.54) is 0 Å². The molecule has 1 aliphatic rings. The van der Waals surface area contributed by atoms with E-state index in [0.29, 0.717) is 12.0 Å². The molecule has 10 heavy (non-hydrogen) atoms. The number of hydrogen-bond donors (Lipinski definition) is 0. The third-order valence-electron chi connectivity index (χ3n) is 1.59. The average molecular weight is 251 g/mol. The van der Waals surface area contributed by atoms with Crippen LogP contribution in [0.15, 0.2) is 12.2 Å². The van der Waals surface area contributed by atoms with Crippen LogP contribution in [0, 0.1) is 5.92 Å². The van der Waals surface area contributed by atoms with Crippen molar-refractivity contribution < 1.29 is 4.79 Å². The first kappa shape index (κ1) is 8.04. The summed E-state index contributed by atoms with van der Waals surface area (Å²) in [5.41, 5.74) is 0. The van der Waals surface area contributed by atoms with E-state index in [-0.39, 0.29) is 5.91 Å². The fourth-order valence-electron chi connectivity index (χ4n) is 0.959. The summed E-state index contributed by atoms with van der Waals surface area (Å²) in [7, 11) is 0. The Morgan fingerprint density at radius 3 is 2.50 bits per heavy atom. The van der Waals surface area contributed by atoms with E-state index in [2.05, 4.69) is 36.7 Å². The maximum atomic E-state index is 10.9. The number of rotatable bonds is 1. The zero-order valence-corrected chi connectivity index (χ0v) is 8.20. The first-order valence-corrected chi connectivity index (χ1v) is 4.26. The van der Waals surface area contributed by atoms with Crippen molar-refractivity contribution in [1.82, 2.24) is 3.11 Å². The normalized spacial score (nSPS) is 25.0. The zero-order valence-electron chi connectivity index (χ0n) is 6.04. The van der Waals surface area contributed by atoms with Crippen molar-refractivity contribution in [2.24, 2.45) is 5.92 Å². The van der Waals surface area contributed by atoms with Crippen LogP contribution >= 0.6 is 22.9 Å². The highest BCUT2D eigenvalue weighted by atomic mass is 127. The van der Waals surface area contributed by atoms with Crippen LogP contribution in [-0.4, -0.2) is 15.1 Å². The number of hydrogen-bond acceptors (Lipinski definition) is 1. The van der Waals surface area contributed by atoms with Gasteiger partial charge in [-0.05, 0) is 5.92 Å². The van der Waals surface area contributed by atoms with Gasteiger partial charge in [0.2, 0.25) is 0 Å². The summed E-state index contributed by atoms with van der Waals surface area (Å²) in [5, 5.41) is 0. The maximum absolute atomic E-state index is 10.9. The van der Waals surface area contributed by atoms with Gasteiger partial charge in [-0.15, -0.1) is 0 Å². The van der Waals surface area contributed by atoms with Crippen LogP contribution in [0.5, 0.6) is 0 Å². The molecule has 0 bridgehead atoms. The first-order chi connectivity index (χ1) is 4.63. The molecule has 0 aliphatic carbocycles. The Morgan fingerprint density at radius 1 is 1.70 bits per heavy atom. The van der Waals surface area contributed by atoms with Gasteiger partial charge in [0.05, 0.1) is 28.9 Å². The molecule has 0 fully saturated rings. The van der Waals surface area contributed by atoms with Crippen LogP contribution in [0.2, 0.25) is 0 Å². The standard InChI is InChI=1S/C7H10INO/c1-5(2)6-3-4-7(10)9(6)8/h3-6H,1-2H3. The lowest BCUT2D eigenvalue weighted by Crippen LogP contribution is -2.28. The Balaban J connectivity index is 2.66. The van der Waals surface area contributed by atoms with Gasteiger partial charge in [0.1, 0.15) is 0 Å². The number of halogens is 1. The molecule has 1 amide bonds. The fourth-order valence-corrected chi connectivity index (χ4v) is 1.95. The molecular weight excluding hydrogens is 241 g/mol. The van der Waals surface area contributed by atoms with Crippen molar-refractivity contribution in [2.45, 2.75) is 19.9 Å². The smallest absolute Gasteiger partial charge is 0.255 e. The summed E-state index contributed by atoms with van der Waals surface area (Å²) < 4.78 is 1.74. The molecule has 0 aromatic carbocycles. The van der Waals surface area contributed by atoms with Gasteiger partial charge in [-0.25, -0.2) is 0 Å². The molecule has 0 N–H and O–H groups in total. The SMILES string of the molecule is CC(C)C1C=CC(=O)N1I. The summed E-state index contributed by atoms with van der Waals surface area (Å²) in [6.45, 7) is 4.22. The van der Waals surface area contributed by atoms with Crippen molar-refractivity contribution in [1.29, 1.82) is 0 Å². The topological polar surface area (TPSA) is 20.3 Å². The zero-order chi connectivity index (χ0) is 7.72. The number of carbonyl (C=O) groups is 1. The van der Waals surface area contributed by atoms with Crippen LogP contribution in [0.25, 0.3) is 0 Å². The predicted octanol–water partition coefficient (Wildman–Crippen LogP) is 1.76. The van der Waals surface area contributed by atoms with E-state index in [4.69, 9.17) is 0 Å². The van der Waals surface area contributed by atoms with Crippen molar-refractivity contribution in [3.63, 3.8) is 0 Å². The largest absolute Gasteiger partial charge is 0.274 e. The fraction of sp³-hybridized carbons (Fsp3) is 0.571. The van der Waals surface area contributed by atoms with Crippen LogP contribution in [0.1, 0.15) is 13.8 Å². The van der Waals surface area contributed by atoms with E-state index in [1.54, 1.807) is 9.19 Å². The van der Waals surface area contributed by atoms with Gasteiger partial charge in [0.15, 0.2) is 0 Å². The van der Waals surface area contributed by atoms with Gasteiger partial charge in [0.25, 0.3) is 5.91 Å². The van der Waals surface area contributed by atoms with E-state index >= 15 is 0 Å². The lowest BCUT2D eigenvalue weighted by molar-refractivity contribution is -0.120. The summed E-state index contributed by atoms with van der Waals surface area (Å²) in [6.07, 6.45) is 3.59. The highest BCUT2D eigenvalue weighted by molar-refractivity contribution is 14.1. The van der Waals surface area contributed by atoms with Gasteiger partial charge in [-0.1, -0.05) is 19.9 Å². The molecule has 1 heterocycles. The van der Waals surface area contributed by atoms with Gasteiger partial charge in [-0.2, -0.15) is 0 Å². The highest BCUT2D eigenvalue weighted by Gasteiger charge is 2.25. The first-order valence-electron chi connectivity index (χ1n) is 3.30. The molecule has 0 aromatic rings. The van der Waals surface area contributed by atoms with Crippen molar-refractivity contribution in [3.05, 3.63) is 12.2 Å². The van der Waals surface area contributed by atoms with Crippen molar-refractivity contribution in [3.8, 4) is 0 Å². The van der Waals surface area contributed by atoms with Crippen molar-refractivity contribution >= 4 is 28.8 Å². The quantitative estimate of drug-likeness (QED) is 0.513. The maximum Gasteiger partial charge on any atom is 0.255 e. The molecule has 3 heteroatoms.